The highest BCUT2D eigenvalue weighted by molar-refractivity contribution is 5.96. The molecule has 0 radical (unpaired) electrons. The van der Waals surface area contributed by atoms with Gasteiger partial charge >= 0.3 is 0 Å². The van der Waals surface area contributed by atoms with Crippen molar-refractivity contribution in [1.29, 1.82) is 0 Å². The van der Waals surface area contributed by atoms with E-state index in [1.165, 1.54) is 0 Å². The largest absolute Gasteiger partial charge is 0.451 e. The zero-order valence-electron chi connectivity index (χ0n) is 14.5. The first kappa shape index (κ1) is 15.6. The third kappa shape index (κ3) is 2.59. The Morgan fingerprint density at radius 3 is 2.96 bits per heavy atom. The van der Waals surface area contributed by atoms with Crippen LogP contribution in [0.25, 0.3) is 11.0 Å². The van der Waals surface area contributed by atoms with Gasteiger partial charge in [-0.3, -0.25) is 9.89 Å². The van der Waals surface area contributed by atoms with Crippen molar-refractivity contribution in [2.24, 2.45) is 0 Å². The maximum atomic E-state index is 13.1. The number of methoxy groups -OCH3 is 1. The van der Waals surface area contributed by atoms with Gasteiger partial charge in [-0.2, -0.15) is 5.10 Å². The van der Waals surface area contributed by atoms with Gasteiger partial charge in [0.1, 0.15) is 11.4 Å². The Morgan fingerprint density at radius 1 is 1.35 bits per heavy atom. The molecule has 5 rings (SSSR count). The molecule has 1 saturated carbocycles. The number of aromatic nitrogens is 3. The van der Waals surface area contributed by atoms with Crippen LogP contribution in [0.15, 0.2) is 34.7 Å². The number of aromatic amines is 1. The average molecular weight is 352 g/mol. The van der Waals surface area contributed by atoms with Gasteiger partial charge in [0, 0.05) is 31.4 Å². The number of H-pyrrole nitrogens is 1. The van der Waals surface area contributed by atoms with E-state index < -0.39 is 0 Å². The zero-order chi connectivity index (χ0) is 17.7. The zero-order valence-corrected chi connectivity index (χ0v) is 14.5. The molecule has 0 spiro atoms. The molecule has 2 atom stereocenters. The van der Waals surface area contributed by atoms with E-state index in [2.05, 4.69) is 15.2 Å². The summed E-state index contributed by atoms with van der Waals surface area (Å²) in [7, 11) is 1.67. The number of amides is 1. The van der Waals surface area contributed by atoms with E-state index in [1.54, 1.807) is 18.1 Å². The van der Waals surface area contributed by atoms with E-state index in [-0.39, 0.29) is 18.1 Å². The van der Waals surface area contributed by atoms with E-state index in [9.17, 15) is 4.79 Å². The van der Waals surface area contributed by atoms with Gasteiger partial charge in [-0.1, -0.05) is 18.2 Å². The summed E-state index contributed by atoms with van der Waals surface area (Å²) >= 11 is 0. The van der Waals surface area contributed by atoms with Crippen LogP contribution in [-0.4, -0.2) is 45.7 Å². The Bertz CT molecular complexity index is 926. The quantitative estimate of drug-likeness (QED) is 0.780. The third-order valence-corrected chi connectivity index (χ3v) is 5.27. The molecule has 3 aromatic rings. The number of hydrogen-bond acceptors (Lipinski definition) is 5. The van der Waals surface area contributed by atoms with Gasteiger partial charge in [0.25, 0.3) is 5.91 Å². The molecule has 1 saturated heterocycles. The summed E-state index contributed by atoms with van der Waals surface area (Å²) in [5, 5.41) is 8.29. The van der Waals surface area contributed by atoms with E-state index in [4.69, 9.17) is 9.15 Å². The van der Waals surface area contributed by atoms with E-state index in [0.717, 1.165) is 29.9 Å². The lowest BCUT2D eigenvalue weighted by molar-refractivity contribution is 0.0656. The van der Waals surface area contributed by atoms with Crippen LogP contribution in [-0.2, 0) is 4.74 Å². The summed E-state index contributed by atoms with van der Waals surface area (Å²) in [4.78, 5) is 19.6. The molecule has 7 nitrogen and oxygen atoms in total. The minimum Gasteiger partial charge on any atom is -0.451 e. The molecule has 2 aromatic heterocycles. The van der Waals surface area contributed by atoms with Gasteiger partial charge in [0.05, 0.1) is 12.1 Å². The topological polar surface area (TPSA) is 84.3 Å². The maximum absolute atomic E-state index is 13.1. The predicted octanol–water partition coefficient (Wildman–Crippen LogP) is 3.03. The van der Waals surface area contributed by atoms with Gasteiger partial charge in [-0.05, 0) is 25.0 Å². The molecule has 2 aliphatic rings. The van der Waals surface area contributed by atoms with Crippen molar-refractivity contribution in [2.45, 2.75) is 37.3 Å². The number of carbonyl (C=O) groups excluding carboxylic acids is 1. The fraction of sp³-hybridized carbons (Fsp3) is 0.421. The molecule has 0 bridgehead atoms. The standard InChI is InChI=1S/C19H20N4O3/c1-25-13-9-14(18-20-17(21-22-18)11-6-7-11)23(10-13)19(24)16-8-12-4-2-3-5-15(12)26-16/h2-5,8,11,13-14H,6-7,9-10H2,1H3,(H,20,21,22)/t13-,14+/m1/s1. The van der Waals surface area contributed by atoms with Crippen LogP contribution in [0.3, 0.4) is 0 Å². The van der Waals surface area contributed by atoms with Crippen molar-refractivity contribution >= 4 is 16.9 Å². The van der Waals surface area contributed by atoms with Crippen molar-refractivity contribution in [3.05, 3.63) is 47.7 Å². The molecule has 1 aliphatic carbocycles. The van der Waals surface area contributed by atoms with Crippen molar-refractivity contribution in [3.63, 3.8) is 0 Å². The van der Waals surface area contributed by atoms with Crippen LogP contribution >= 0.6 is 0 Å². The highest BCUT2D eigenvalue weighted by atomic mass is 16.5. The summed E-state index contributed by atoms with van der Waals surface area (Å²) < 4.78 is 11.3. The lowest BCUT2D eigenvalue weighted by Gasteiger charge is -2.21. The average Bonchev–Trinajstić information content (AvgIpc) is 3.12. The monoisotopic (exact) mass is 352 g/mol. The summed E-state index contributed by atoms with van der Waals surface area (Å²) in [6.07, 6.45) is 2.96. The number of nitrogens with zero attached hydrogens (tertiary/aromatic N) is 3. The third-order valence-electron chi connectivity index (χ3n) is 5.27. The first-order valence-electron chi connectivity index (χ1n) is 8.97. The molecule has 0 unspecified atom stereocenters. The molecule has 26 heavy (non-hydrogen) atoms. The maximum Gasteiger partial charge on any atom is 0.290 e. The SMILES string of the molecule is CO[C@@H]1C[C@@H](c2nc(C3CC3)n[nH]2)N(C(=O)c2cc3ccccc3o2)C1. The number of rotatable bonds is 4. The van der Waals surface area contributed by atoms with Crippen molar-refractivity contribution < 1.29 is 13.9 Å². The molecule has 1 aromatic carbocycles. The molecule has 1 N–H and O–H groups in total. The number of benzene rings is 1. The second kappa shape index (κ2) is 5.95. The van der Waals surface area contributed by atoms with Crippen LogP contribution in [0, 0.1) is 0 Å². The Morgan fingerprint density at radius 2 is 2.19 bits per heavy atom. The van der Waals surface area contributed by atoms with Crippen molar-refractivity contribution in [3.8, 4) is 0 Å². The Kier molecular flexibility index (Phi) is 3.56. The van der Waals surface area contributed by atoms with Gasteiger partial charge in [0.15, 0.2) is 11.6 Å². The smallest absolute Gasteiger partial charge is 0.290 e. The number of likely N-dealkylation sites (tertiary alicyclic amines) is 1. The van der Waals surface area contributed by atoms with E-state index in [0.29, 0.717) is 30.2 Å². The van der Waals surface area contributed by atoms with Crippen LogP contribution in [0.1, 0.15) is 53.4 Å². The van der Waals surface area contributed by atoms with Crippen LogP contribution in [0.4, 0.5) is 0 Å². The molecular formula is C19H20N4O3. The Balaban J connectivity index is 1.46. The van der Waals surface area contributed by atoms with Gasteiger partial charge < -0.3 is 14.1 Å². The normalized spacial score (nSPS) is 23.0. The summed E-state index contributed by atoms with van der Waals surface area (Å²) in [6, 6.07) is 9.25. The lowest BCUT2D eigenvalue weighted by atomic mass is 10.2. The minimum absolute atomic E-state index is 0.0252. The van der Waals surface area contributed by atoms with Gasteiger partial charge in [0.2, 0.25) is 0 Å². The van der Waals surface area contributed by atoms with Crippen molar-refractivity contribution in [1.82, 2.24) is 20.1 Å². The Labute approximate surface area is 150 Å². The molecule has 7 heteroatoms. The van der Waals surface area contributed by atoms with Crippen molar-refractivity contribution in [2.75, 3.05) is 13.7 Å². The fourth-order valence-corrected chi connectivity index (χ4v) is 3.64. The highest BCUT2D eigenvalue weighted by Gasteiger charge is 2.40. The number of hydrogen-bond donors (Lipinski definition) is 1. The number of para-hydroxylation sites is 1. The predicted molar refractivity (Wildman–Crippen MR) is 93.8 cm³/mol. The summed E-state index contributed by atoms with van der Waals surface area (Å²) in [6.45, 7) is 0.510. The molecule has 134 valence electrons. The lowest BCUT2D eigenvalue weighted by Crippen LogP contribution is -2.32. The number of ether oxygens (including phenoxy) is 1. The van der Waals surface area contributed by atoms with Gasteiger partial charge in [-0.25, -0.2) is 4.98 Å². The van der Waals surface area contributed by atoms with Crippen LogP contribution < -0.4 is 0 Å². The number of nitrogens with one attached hydrogen (secondary N) is 1. The number of furan rings is 1. The number of fused-ring (bicyclic) bond motifs is 1. The number of carbonyl (C=O) groups is 1. The minimum atomic E-state index is -0.180. The first-order chi connectivity index (χ1) is 12.7. The fourth-order valence-electron chi connectivity index (χ4n) is 3.64. The molecular weight excluding hydrogens is 332 g/mol. The van der Waals surface area contributed by atoms with E-state index >= 15 is 0 Å². The van der Waals surface area contributed by atoms with Crippen LogP contribution in [0.2, 0.25) is 0 Å². The second-order valence-electron chi connectivity index (χ2n) is 7.07. The van der Waals surface area contributed by atoms with E-state index in [1.807, 2.05) is 24.3 Å². The van der Waals surface area contributed by atoms with Crippen LogP contribution in [0.5, 0.6) is 0 Å². The highest BCUT2D eigenvalue weighted by Crippen LogP contribution is 2.39. The summed E-state index contributed by atoms with van der Waals surface area (Å²) in [5.74, 6) is 2.26. The van der Waals surface area contributed by atoms with Gasteiger partial charge in [-0.15, -0.1) is 0 Å². The first-order valence-corrected chi connectivity index (χ1v) is 8.97. The molecule has 3 heterocycles. The molecule has 1 aliphatic heterocycles. The second-order valence-corrected chi connectivity index (χ2v) is 7.07. The molecule has 2 fully saturated rings. The summed E-state index contributed by atoms with van der Waals surface area (Å²) in [5.41, 5.74) is 0.713. The molecule has 1 amide bonds. The Hall–Kier alpha value is -2.67.